The van der Waals surface area contributed by atoms with Gasteiger partial charge in [0.15, 0.2) is 11.5 Å². The van der Waals surface area contributed by atoms with Crippen molar-refractivity contribution < 1.29 is 14.3 Å². The number of fused-ring (bicyclic) bond motifs is 1. The van der Waals surface area contributed by atoms with Crippen LogP contribution in [-0.2, 0) is 6.42 Å². The lowest BCUT2D eigenvalue weighted by Crippen LogP contribution is -2.28. The molecule has 5 rings (SSSR count). The van der Waals surface area contributed by atoms with Crippen molar-refractivity contribution in [2.24, 2.45) is 0 Å². The number of amides is 1. The number of para-hydroxylation sites is 2. The molecule has 1 amide bonds. The number of nitrogens with one attached hydrogen (secondary N) is 2. The third-order valence-corrected chi connectivity index (χ3v) is 6.09. The maximum atomic E-state index is 13.0. The van der Waals surface area contributed by atoms with Gasteiger partial charge in [-0.05, 0) is 49.7 Å². The summed E-state index contributed by atoms with van der Waals surface area (Å²) in [5, 5.41) is 7.63. The molecule has 1 atom stereocenters. The first-order valence-corrected chi connectivity index (χ1v) is 11.2. The number of imidazole rings is 1. The summed E-state index contributed by atoms with van der Waals surface area (Å²) in [6, 6.07) is 15.3. The number of nitrogens with zero attached hydrogens (tertiary/aromatic N) is 3. The Balaban J connectivity index is 1.18. The zero-order chi connectivity index (χ0) is 22.8. The molecule has 0 saturated carbocycles. The van der Waals surface area contributed by atoms with Gasteiger partial charge in [0.2, 0.25) is 0 Å². The molecule has 170 valence electrons. The van der Waals surface area contributed by atoms with E-state index in [1.807, 2.05) is 54.3 Å². The van der Waals surface area contributed by atoms with Crippen LogP contribution >= 0.6 is 0 Å². The maximum absolute atomic E-state index is 13.0. The van der Waals surface area contributed by atoms with Crippen molar-refractivity contribution in [3.8, 4) is 11.5 Å². The van der Waals surface area contributed by atoms with Gasteiger partial charge in [0, 0.05) is 36.7 Å². The molecule has 1 aliphatic rings. The molecule has 1 fully saturated rings. The van der Waals surface area contributed by atoms with Crippen LogP contribution in [0.1, 0.15) is 39.9 Å². The Kier molecular flexibility index (Phi) is 5.73. The average Bonchev–Trinajstić information content (AvgIpc) is 3.57. The minimum atomic E-state index is 0.0487. The lowest BCUT2D eigenvalue weighted by molar-refractivity contribution is 0.0791. The van der Waals surface area contributed by atoms with Crippen molar-refractivity contribution in [1.82, 2.24) is 25.1 Å². The molecule has 0 unspecified atom stereocenters. The Morgan fingerprint density at radius 2 is 2.03 bits per heavy atom. The quantitative estimate of drug-likeness (QED) is 0.450. The highest BCUT2D eigenvalue weighted by atomic mass is 16.5. The average molecular weight is 446 g/mol. The van der Waals surface area contributed by atoms with Gasteiger partial charge in [0.1, 0.15) is 5.82 Å². The van der Waals surface area contributed by atoms with E-state index in [-0.39, 0.29) is 11.8 Å². The highest BCUT2D eigenvalue weighted by molar-refractivity contribution is 5.97. The lowest BCUT2D eigenvalue weighted by Gasteiger charge is -2.16. The topological polar surface area (TPSA) is 96.1 Å². The fourth-order valence-corrected chi connectivity index (χ4v) is 4.36. The van der Waals surface area contributed by atoms with Crippen molar-refractivity contribution in [1.29, 1.82) is 0 Å². The van der Waals surface area contributed by atoms with Crippen LogP contribution in [0, 0.1) is 6.92 Å². The summed E-state index contributed by atoms with van der Waals surface area (Å²) >= 11 is 0. The largest absolute Gasteiger partial charge is 0.493 e. The van der Waals surface area contributed by atoms with E-state index < -0.39 is 0 Å². The summed E-state index contributed by atoms with van der Waals surface area (Å²) in [6.07, 6.45) is 1.61. The molecule has 0 aliphatic carbocycles. The van der Waals surface area contributed by atoms with Gasteiger partial charge in [-0.1, -0.05) is 12.1 Å². The van der Waals surface area contributed by atoms with Gasteiger partial charge in [0.25, 0.3) is 5.91 Å². The van der Waals surface area contributed by atoms with Gasteiger partial charge in [-0.25, -0.2) is 4.98 Å². The molecule has 4 aromatic rings. The van der Waals surface area contributed by atoms with Gasteiger partial charge in [-0.15, -0.1) is 0 Å². The van der Waals surface area contributed by atoms with Crippen LogP contribution in [0.2, 0.25) is 0 Å². The van der Waals surface area contributed by atoms with Crippen molar-refractivity contribution >= 4 is 16.9 Å². The number of aryl methyl sites for hydroxylation is 1. The first-order valence-electron chi connectivity index (χ1n) is 11.2. The SMILES string of the molecule is COc1ccccc1OCCc1cc([C@@H]2CCN(C(=O)c3ccc4nc(C)[nH]c4c3)C2)n[nH]1. The molecular weight excluding hydrogens is 418 g/mol. The van der Waals surface area contributed by atoms with Crippen molar-refractivity contribution in [3.05, 3.63) is 71.3 Å². The zero-order valence-corrected chi connectivity index (χ0v) is 18.8. The Bertz CT molecular complexity index is 1280. The number of likely N-dealkylation sites (tertiary alicyclic amines) is 1. The highest BCUT2D eigenvalue weighted by Gasteiger charge is 2.29. The predicted molar refractivity (Wildman–Crippen MR) is 125 cm³/mol. The summed E-state index contributed by atoms with van der Waals surface area (Å²) in [4.78, 5) is 22.6. The number of hydrogen-bond acceptors (Lipinski definition) is 5. The van der Waals surface area contributed by atoms with E-state index in [9.17, 15) is 4.79 Å². The summed E-state index contributed by atoms with van der Waals surface area (Å²) in [5.74, 6) is 2.58. The van der Waals surface area contributed by atoms with Crippen LogP contribution in [0.5, 0.6) is 11.5 Å². The smallest absolute Gasteiger partial charge is 0.253 e. The Morgan fingerprint density at radius 1 is 1.18 bits per heavy atom. The molecule has 0 radical (unpaired) electrons. The van der Waals surface area contributed by atoms with E-state index in [1.165, 1.54) is 0 Å². The molecule has 2 N–H and O–H groups in total. The number of H-pyrrole nitrogens is 2. The van der Waals surface area contributed by atoms with E-state index in [0.29, 0.717) is 25.1 Å². The van der Waals surface area contributed by atoms with E-state index in [1.54, 1.807) is 7.11 Å². The number of ether oxygens (including phenoxy) is 2. The number of aromatic nitrogens is 4. The Labute approximate surface area is 191 Å². The van der Waals surface area contributed by atoms with Gasteiger partial charge in [-0.3, -0.25) is 9.89 Å². The lowest BCUT2D eigenvalue weighted by atomic mass is 10.0. The molecule has 1 aliphatic heterocycles. The molecule has 33 heavy (non-hydrogen) atoms. The first-order chi connectivity index (χ1) is 16.1. The van der Waals surface area contributed by atoms with Crippen LogP contribution in [0.4, 0.5) is 0 Å². The van der Waals surface area contributed by atoms with E-state index in [2.05, 4.69) is 26.2 Å². The molecular formula is C25H27N5O3. The number of carbonyl (C=O) groups excluding carboxylic acids is 1. The Morgan fingerprint density at radius 3 is 2.88 bits per heavy atom. The third-order valence-electron chi connectivity index (χ3n) is 6.09. The van der Waals surface area contributed by atoms with Crippen LogP contribution in [0.25, 0.3) is 11.0 Å². The van der Waals surface area contributed by atoms with Gasteiger partial charge >= 0.3 is 0 Å². The standard InChI is InChI=1S/C25H27N5O3/c1-16-26-20-8-7-17(13-22(20)27-16)25(31)30-11-9-18(15-30)21-14-19(28-29-21)10-12-33-24-6-4-3-5-23(24)32-2/h3-8,13-14,18H,9-12,15H2,1-2H3,(H,26,27)(H,28,29)/t18-/m1/s1. The zero-order valence-electron chi connectivity index (χ0n) is 18.8. The normalized spacial score (nSPS) is 15.8. The number of benzene rings is 2. The second-order valence-corrected chi connectivity index (χ2v) is 8.36. The highest BCUT2D eigenvalue weighted by Crippen LogP contribution is 2.29. The van der Waals surface area contributed by atoms with Crippen LogP contribution in [0.3, 0.4) is 0 Å². The van der Waals surface area contributed by atoms with Crippen molar-refractivity contribution in [2.45, 2.75) is 25.7 Å². The van der Waals surface area contributed by atoms with Gasteiger partial charge in [-0.2, -0.15) is 5.10 Å². The van der Waals surface area contributed by atoms with E-state index in [4.69, 9.17) is 9.47 Å². The molecule has 0 bridgehead atoms. The maximum Gasteiger partial charge on any atom is 0.253 e. The first kappa shape index (κ1) is 21.1. The van der Waals surface area contributed by atoms with E-state index >= 15 is 0 Å². The monoisotopic (exact) mass is 445 g/mol. The number of methoxy groups -OCH3 is 1. The molecule has 3 heterocycles. The number of hydrogen-bond donors (Lipinski definition) is 2. The molecule has 2 aromatic heterocycles. The molecule has 2 aromatic carbocycles. The second-order valence-electron chi connectivity index (χ2n) is 8.36. The predicted octanol–water partition coefficient (Wildman–Crippen LogP) is 3.85. The van der Waals surface area contributed by atoms with Crippen LogP contribution in [-0.4, -0.2) is 57.8 Å². The molecule has 0 spiro atoms. The molecule has 1 saturated heterocycles. The number of rotatable bonds is 7. The number of aromatic amines is 2. The van der Waals surface area contributed by atoms with Crippen molar-refractivity contribution in [2.75, 3.05) is 26.8 Å². The van der Waals surface area contributed by atoms with Crippen molar-refractivity contribution in [3.63, 3.8) is 0 Å². The third kappa shape index (κ3) is 4.41. The summed E-state index contributed by atoms with van der Waals surface area (Å²) < 4.78 is 11.2. The fourth-order valence-electron chi connectivity index (χ4n) is 4.36. The number of carbonyl (C=O) groups is 1. The minimum Gasteiger partial charge on any atom is -0.493 e. The Hall–Kier alpha value is -3.81. The summed E-state index contributed by atoms with van der Waals surface area (Å²) in [6.45, 7) is 3.83. The van der Waals surface area contributed by atoms with E-state index in [0.717, 1.165) is 52.7 Å². The summed E-state index contributed by atoms with van der Waals surface area (Å²) in [5.41, 5.74) is 4.47. The van der Waals surface area contributed by atoms with Gasteiger partial charge < -0.3 is 19.4 Å². The molecule has 8 nitrogen and oxygen atoms in total. The summed E-state index contributed by atoms with van der Waals surface area (Å²) in [7, 11) is 1.63. The van der Waals surface area contributed by atoms with Gasteiger partial charge in [0.05, 0.1) is 30.4 Å². The minimum absolute atomic E-state index is 0.0487. The van der Waals surface area contributed by atoms with Crippen LogP contribution < -0.4 is 9.47 Å². The van der Waals surface area contributed by atoms with Crippen LogP contribution in [0.15, 0.2) is 48.5 Å². The molecule has 8 heteroatoms. The second kappa shape index (κ2) is 8.97. The fraction of sp³-hybridized carbons (Fsp3) is 0.320.